The zero-order chi connectivity index (χ0) is 6.20. The molecule has 1 aliphatic rings. The van der Waals surface area contributed by atoms with Gasteiger partial charge in [0, 0.05) is 11.4 Å². The predicted molar refractivity (Wildman–Crippen MR) is 38.8 cm³/mol. The third-order valence-corrected chi connectivity index (χ3v) is 2.40. The highest BCUT2D eigenvalue weighted by atomic mass is 32.2. The van der Waals surface area contributed by atoms with E-state index in [1.165, 1.54) is 0 Å². The molecule has 0 bridgehead atoms. The second-order valence-electron chi connectivity index (χ2n) is 2.53. The maximum atomic E-state index is 3.82. The monoisotopic (exact) mass is 129 g/mol. The van der Waals surface area contributed by atoms with Crippen molar-refractivity contribution < 1.29 is 0 Å². The largest absolute Gasteiger partial charge is 0.374 e. The van der Waals surface area contributed by atoms with E-state index in [9.17, 15) is 0 Å². The van der Waals surface area contributed by atoms with Gasteiger partial charge >= 0.3 is 0 Å². The third kappa shape index (κ3) is 1.19. The molecule has 1 fully saturated rings. The van der Waals surface area contributed by atoms with E-state index in [2.05, 4.69) is 25.7 Å². The lowest BCUT2D eigenvalue weighted by atomic mass is 10.4. The number of rotatable bonds is 0. The fraction of sp³-hybridized carbons (Fsp3) is 0.667. The molecule has 0 aromatic rings. The van der Waals surface area contributed by atoms with Crippen molar-refractivity contribution in [2.75, 3.05) is 5.75 Å². The minimum absolute atomic E-state index is 0.233. The van der Waals surface area contributed by atoms with E-state index < -0.39 is 0 Å². The fourth-order valence-electron chi connectivity index (χ4n) is 0.765. The first kappa shape index (κ1) is 6.02. The second-order valence-corrected chi connectivity index (χ2v) is 4.13. The SMILES string of the molecule is C=C1CSC(C)(C)N1. The molecule has 1 N–H and O–H groups in total. The molecular formula is C6H11NS. The molecule has 0 saturated carbocycles. The minimum Gasteiger partial charge on any atom is -0.374 e. The summed E-state index contributed by atoms with van der Waals surface area (Å²) < 4.78 is 0. The summed E-state index contributed by atoms with van der Waals surface area (Å²) in [4.78, 5) is 0.233. The van der Waals surface area contributed by atoms with Crippen molar-refractivity contribution in [3.8, 4) is 0 Å². The van der Waals surface area contributed by atoms with Gasteiger partial charge in [0.05, 0.1) is 4.87 Å². The van der Waals surface area contributed by atoms with Crippen molar-refractivity contribution in [3.63, 3.8) is 0 Å². The van der Waals surface area contributed by atoms with Crippen LogP contribution in [0.2, 0.25) is 0 Å². The summed E-state index contributed by atoms with van der Waals surface area (Å²) in [5.74, 6) is 1.06. The molecule has 0 aromatic heterocycles. The van der Waals surface area contributed by atoms with Crippen LogP contribution < -0.4 is 5.32 Å². The lowest BCUT2D eigenvalue weighted by molar-refractivity contribution is 0.638. The lowest BCUT2D eigenvalue weighted by Crippen LogP contribution is -2.27. The Morgan fingerprint density at radius 1 is 1.75 bits per heavy atom. The average Bonchev–Trinajstić information content (AvgIpc) is 1.82. The minimum atomic E-state index is 0.233. The van der Waals surface area contributed by atoms with Gasteiger partial charge in [-0.2, -0.15) is 0 Å². The van der Waals surface area contributed by atoms with Crippen LogP contribution in [0.15, 0.2) is 12.3 Å². The van der Waals surface area contributed by atoms with Crippen LogP contribution in [0.4, 0.5) is 0 Å². The Bertz CT molecular complexity index is 118. The van der Waals surface area contributed by atoms with Crippen molar-refractivity contribution in [1.82, 2.24) is 5.32 Å². The second kappa shape index (κ2) is 1.69. The molecular weight excluding hydrogens is 118 g/mol. The van der Waals surface area contributed by atoms with Gasteiger partial charge in [0.15, 0.2) is 0 Å². The number of thioether (sulfide) groups is 1. The highest BCUT2D eigenvalue weighted by Crippen LogP contribution is 2.29. The zero-order valence-corrected chi connectivity index (χ0v) is 6.14. The molecule has 1 aliphatic heterocycles. The molecule has 1 heterocycles. The quantitative estimate of drug-likeness (QED) is 0.533. The van der Waals surface area contributed by atoms with Crippen molar-refractivity contribution in [2.45, 2.75) is 18.7 Å². The Labute approximate surface area is 54.5 Å². The van der Waals surface area contributed by atoms with Crippen LogP contribution >= 0.6 is 11.8 Å². The van der Waals surface area contributed by atoms with Crippen LogP contribution in [0.5, 0.6) is 0 Å². The van der Waals surface area contributed by atoms with E-state index in [0.29, 0.717) is 0 Å². The molecule has 8 heavy (non-hydrogen) atoms. The summed E-state index contributed by atoms with van der Waals surface area (Å²) in [5.41, 5.74) is 1.15. The lowest BCUT2D eigenvalue weighted by Gasteiger charge is -2.15. The molecule has 0 amide bonds. The summed E-state index contributed by atoms with van der Waals surface area (Å²) in [6.45, 7) is 8.14. The molecule has 0 unspecified atom stereocenters. The van der Waals surface area contributed by atoms with Gasteiger partial charge in [-0.05, 0) is 13.8 Å². The van der Waals surface area contributed by atoms with Crippen LogP contribution in [0.25, 0.3) is 0 Å². The van der Waals surface area contributed by atoms with Crippen LogP contribution in [0.3, 0.4) is 0 Å². The van der Waals surface area contributed by atoms with Gasteiger partial charge in [-0.25, -0.2) is 0 Å². The summed E-state index contributed by atoms with van der Waals surface area (Å²) in [6, 6.07) is 0. The van der Waals surface area contributed by atoms with E-state index in [-0.39, 0.29) is 4.87 Å². The number of nitrogens with one attached hydrogen (secondary N) is 1. The molecule has 2 heteroatoms. The third-order valence-electron chi connectivity index (χ3n) is 1.09. The van der Waals surface area contributed by atoms with Crippen LogP contribution in [-0.2, 0) is 0 Å². The Kier molecular flexibility index (Phi) is 1.27. The molecule has 0 radical (unpaired) electrons. The molecule has 0 aliphatic carbocycles. The van der Waals surface area contributed by atoms with E-state index in [1.54, 1.807) is 0 Å². The molecule has 0 spiro atoms. The van der Waals surface area contributed by atoms with Gasteiger partial charge in [-0.1, -0.05) is 6.58 Å². The molecule has 0 atom stereocenters. The Morgan fingerprint density at radius 2 is 2.38 bits per heavy atom. The Morgan fingerprint density at radius 3 is 2.50 bits per heavy atom. The van der Waals surface area contributed by atoms with Gasteiger partial charge in [0.2, 0.25) is 0 Å². The number of hydrogen-bond acceptors (Lipinski definition) is 2. The van der Waals surface area contributed by atoms with E-state index >= 15 is 0 Å². The van der Waals surface area contributed by atoms with Gasteiger partial charge < -0.3 is 5.32 Å². The average molecular weight is 129 g/mol. The van der Waals surface area contributed by atoms with Gasteiger partial charge in [0.1, 0.15) is 0 Å². The van der Waals surface area contributed by atoms with Gasteiger partial charge in [-0.3, -0.25) is 0 Å². The van der Waals surface area contributed by atoms with Gasteiger partial charge in [-0.15, -0.1) is 11.8 Å². The van der Waals surface area contributed by atoms with E-state index in [4.69, 9.17) is 0 Å². The first-order valence-corrected chi connectivity index (χ1v) is 3.69. The van der Waals surface area contributed by atoms with Gasteiger partial charge in [0.25, 0.3) is 0 Å². The molecule has 1 rings (SSSR count). The summed E-state index contributed by atoms with van der Waals surface area (Å²) in [6.07, 6.45) is 0. The number of hydrogen-bond donors (Lipinski definition) is 1. The Balaban J connectivity index is 2.56. The van der Waals surface area contributed by atoms with Crippen molar-refractivity contribution in [1.29, 1.82) is 0 Å². The van der Waals surface area contributed by atoms with Crippen molar-refractivity contribution in [3.05, 3.63) is 12.3 Å². The standard InChI is InChI=1S/C6H11NS/c1-5-4-8-6(2,3)7-5/h7H,1,4H2,2-3H3. The maximum absolute atomic E-state index is 3.82. The first-order valence-electron chi connectivity index (χ1n) is 2.70. The molecule has 46 valence electrons. The zero-order valence-electron chi connectivity index (χ0n) is 5.32. The first-order chi connectivity index (χ1) is 3.60. The molecule has 1 nitrogen and oxygen atoms in total. The fourth-order valence-corrected chi connectivity index (χ4v) is 1.59. The van der Waals surface area contributed by atoms with E-state index in [0.717, 1.165) is 11.4 Å². The summed E-state index contributed by atoms with van der Waals surface area (Å²) in [5, 5.41) is 3.26. The normalized spacial score (nSPS) is 25.5. The highest BCUT2D eigenvalue weighted by molar-refractivity contribution is 8.01. The summed E-state index contributed by atoms with van der Waals surface area (Å²) >= 11 is 1.90. The van der Waals surface area contributed by atoms with Crippen molar-refractivity contribution in [2.24, 2.45) is 0 Å². The van der Waals surface area contributed by atoms with Crippen LogP contribution in [0.1, 0.15) is 13.8 Å². The van der Waals surface area contributed by atoms with Crippen LogP contribution in [0, 0.1) is 0 Å². The molecule has 0 aromatic carbocycles. The topological polar surface area (TPSA) is 12.0 Å². The maximum Gasteiger partial charge on any atom is 0.0778 e. The summed E-state index contributed by atoms with van der Waals surface area (Å²) in [7, 11) is 0. The Hall–Kier alpha value is -0.110. The van der Waals surface area contributed by atoms with E-state index in [1.807, 2.05) is 11.8 Å². The smallest absolute Gasteiger partial charge is 0.0778 e. The predicted octanol–water partition coefficient (Wildman–Crippen LogP) is 1.57. The van der Waals surface area contributed by atoms with Crippen molar-refractivity contribution >= 4 is 11.8 Å². The highest BCUT2D eigenvalue weighted by Gasteiger charge is 2.24. The molecule has 1 saturated heterocycles. The van der Waals surface area contributed by atoms with Crippen LogP contribution in [-0.4, -0.2) is 10.6 Å².